The number of para-hydroxylation sites is 1. The molecule has 2 aliphatic heterocycles. The van der Waals surface area contributed by atoms with Gasteiger partial charge >= 0.3 is 0 Å². The van der Waals surface area contributed by atoms with Crippen molar-refractivity contribution in [1.82, 2.24) is 5.48 Å². The summed E-state index contributed by atoms with van der Waals surface area (Å²) >= 11 is 3.34. The van der Waals surface area contributed by atoms with Crippen molar-refractivity contribution in [2.24, 2.45) is 0 Å². The molecule has 2 amide bonds. The van der Waals surface area contributed by atoms with E-state index in [4.69, 9.17) is 4.84 Å². The Bertz CT molecular complexity index is 895. The summed E-state index contributed by atoms with van der Waals surface area (Å²) in [6, 6.07) is 12.9. The number of nitrogens with one attached hydrogen (secondary N) is 1. The van der Waals surface area contributed by atoms with E-state index >= 15 is 0 Å². The van der Waals surface area contributed by atoms with Crippen molar-refractivity contribution < 1.29 is 18.8 Å². The second kappa shape index (κ2) is 5.54. The van der Waals surface area contributed by atoms with E-state index in [-0.39, 0.29) is 11.3 Å². The lowest BCUT2D eigenvalue weighted by molar-refractivity contribution is -0.127. The molecule has 0 bridgehead atoms. The highest BCUT2D eigenvalue weighted by Crippen LogP contribution is 2.36. The van der Waals surface area contributed by atoms with Gasteiger partial charge in [-0.25, -0.2) is 9.29 Å². The van der Waals surface area contributed by atoms with Crippen molar-refractivity contribution in [3.63, 3.8) is 0 Å². The first-order valence-electron chi connectivity index (χ1n) is 7.12. The zero-order chi connectivity index (χ0) is 16.8. The summed E-state index contributed by atoms with van der Waals surface area (Å²) in [5, 5.41) is 0. The molecule has 0 radical (unpaired) electrons. The van der Waals surface area contributed by atoms with Gasteiger partial charge in [-0.1, -0.05) is 40.2 Å². The van der Waals surface area contributed by atoms with Gasteiger partial charge in [0, 0.05) is 10.0 Å². The van der Waals surface area contributed by atoms with Crippen molar-refractivity contribution >= 4 is 39.1 Å². The predicted molar refractivity (Wildman–Crippen MR) is 88.0 cm³/mol. The molecule has 2 aliphatic rings. The van der Waals surface area contributed by atoms with Crippen LogP contribution in [0.1, 0.15) is 5.56 Å². The van der Waals surface area contributed by atoms with Crippen LogP contribution in [0.2, 0.25) is 0 Å². The van der Waals surface area contributed by atoms with E-state index in [1.165, 1.54) is 18.2 Å². The number of benzene rings is 2. The summed E-state index contributed by atoms with van der Waals surface area (Å²) in [4.78, 5) is 31.4. The lowest BCUT2D eigenvalue weighted by Gasteiger charge is -2.16. The van der Waals surface area contributed by atoms with Gasteiger partial charge in [0.1, 0.15) is 5.82 Å². The number of hydrogen-bond donors (Lipinski definition) is 1. The molecule has 2 aromatic carbocycles. The first kappa shape index (κ1) is 15.0. The van der Waals surface area contributed by atoms with Crippen LogP contribution in [-0.4, -0.2) is 17.9 Å². The summed E-state index contributed by atoms with van der Waals surface area (Å²) in [5.74, 6) is -1.84. The smallest absolute Gasteiger partial charge is 0.270 e. The molecule has 7 heteroatoms. The van der Waals surface area contributed by atoms with E-state index in [9.17, 15) is 14.0 Å². The molecule has 120 valence electrons. The van der Waals surface area contributed by atoms with Crippen LogP contribution in [0, 0.1) is 5.82 Å². The van der Waals surface area contributed by atoms with Crippen LogP contribution in [0.25, 0.3) is 5.70 Å². The fourth-order valence-corrected chi connectivity index (χ4v) is 3.05. The Hall–Kier alpha value is -2.51. The third-order valence-electron chi connectivity index (χ3n) is 3.91. The highest BCUT2D eigenvalue weighted by molar-refractivity contribution is 9.10. The standard InChI is InChI=1S/C17H10BrFN2O3/c18-10-7-5-9(6-8-10)14-13-15(24-20-14)17(23)21(16(13)22)12-4-2-1-3-11(12)19/h1-8,15,20H/t15-/m0/s1. The minimum Gasteiger partial charge on any atom is -0.270 e. The predicted octanol–water partition coefficient (Wildman–Crippen LogP) is 2.78. The number of carbonyl (C=O) groups excluding carboxylic acids is 2. The number of fused-ring (bicyclic) bond motifs is 1. The van der Waals surface area contributed by atoms with Crippen LogP contribution in [0.4, 0.5) is 10.1 Å². The molecule has 5 nitrogen and oxygen atoms in total. The SMILES string of the molecule is O=C1C2=C(c3ccc(Br)cc3)NO[C@@H]2C(=O)N1c1ccccc1F. The summed E-state index contributed by atoms with van der Waals surface area (Å²) in [6.07, 6.45) is -1.07. The minimum absolute atomic E-state index is 0.0758. The van der Waals surface area contributed by atoms with Gasteiger partial charge in [0.05, 0.1) is 17.0 Å². The monoisotopic (exact) mass is 388 g/mol. The maximum Gasteiger partial charge on any atom is 0.270 e. The van der Waals surface area contributed by atoms with Gasteiger partial charge < -0.3 is 0 Å². The third kappa shape index (κ3) is 2.16. The van der Waals surface area contributed by atoms with Gasteiger partial charge in [-0.05, 0) is 24.3 Å². The summed E-state index contributed by atoms with van der Waals surface area (Å²) in [6.45, 7) is 0. The van der Waals surface area contributed by atoms with Crippen LogP contribution in [0.3, 0.4) is 0 Å². The second-order valence-corrected chi connectivity index (χ2v) is 6.24. The first-order chi connectivity index (χ1) is 11.6. The summed E-state index contributed by atoms with van der Waals surface area (Å²) < 4.78 is 14.9. The Morgan fingerprint density at radius 1 is 1.08 bits per heavy atom. The normalized spacial score (nSPS) is 19.8. The van der Waals surface area contributed by atoms with Crippen molar-refractivity contribution in [1.29, 1.82) is 0 Å². The molecular formula is C17H10BrFN2O3. The van der Waals surface area contributed by atoms with Gasteiger partial charge in [0.15, 0.2) is 6.10 Å². The van der Waals surface area contributed by atoms with E-state index in [0.29, 0.717) is 11.3 Å². The number of halogens is 2. The van der Waals surface area contributed by atoms with E-state index in [1.807, 2.05) is 12.1 Å². The van der Waals surface area contributed by atoms with E-state index in [0.717, 1.165) is 9.37 Å². The summed E-state index contributed by atoms with van der Waals surface area (Å²) in [5.41, 5.74) is 3.88. The van der Waals surface area contributed by atoms with Crippen LogP contribution in [0.15, 0.2) is 58.6 Å². The topological polar surface area (TPSA) is 58.6 Å². The third-order valence-corrected chi connectivity index (χ3v) is 4.44. The number of carbonyl (C=O) groups is 2. The fourth-order valence-electron chi connectivity index (χ4n) is 2.79. The molecule has 0 unspecified atom stereocenters. The van der Waals surface area contributed by atoms with Crippen molar-refractivity contribution in [3.05, 3.63) is 70.0 Å². The Morgan fingerprint density at radius 3 is 2.50 bits per heavy atom. The molecule has 4 rings (SSSR count). The molecule has 1 N–H and O–H groups in total. The molecule has 0 aromatic heterocycles. The molecule has 0 saturated carbocycles. The van der Waals surface area contributed by atoms with Gasteiger partial charge in [-0.15, -0.1) is 0 Å². The number of imide groups is 1. The number of rotatable bonds is 2. The molecule has 2 heterocycles. The minimum atomic E-state index is -1.07. The number of hydroxylamine groups is 1. The van der Waals surface area contributed by atoms with Crippen molar-refractivity contribution in [2.75, 3.05) is 4.90 Å². The Kier molecular flexibility index (Phi) is 3.47. The molecule has 2 aromatic rings. The van der Waals surface area contributed by atoms with Crippen LogP contribution in [0.5, 0.6) is 0 Å². The second-order valence-electron chi connectivity index (χ2n) is 5.33. The number of hydrogen-bond acceptors (Lipinski definition) is 4. The first-order valence-corrected chi connectivity index (χ1v) is 7.92. The molecule has 24 heavy (non-hydrogen) atoms. The zero-order valence-electron chi connectivity index (χ0n) is 12.1. The maximum absolute atomic E-state index is 14.0. The Balaban J connectivity index is 1.81. The van der Waals surface area contributed by atoms with Crippen molar-refractivity contribution in [3.8, 4) is 0 Å². The number of amides is 2. The molecule has 0 spiro atoms. The Morgan fingerprint density at radius 2 is 1.79 bits per heavy atom. The molecule has 1 atom stereocenters. The average molecular weight is 389 g/mol. The van der Waals surface area contributed by atoms with Crippen LogP contribution in [-0.2, 0) is 14.4 Å². The van der Waals surface area contributed by atoms with E-state index < -0.39 is 23.7 Å². The van der Waals surface area contributed by atoms with Gasteiger partial charge in [0.2, 0.25) is 0 Å². The van der Waals surface area contributed by atoms with Crippen LogP contribution >= 0.6 is 15.9 Å². The van der Waals surface area contributed by atoms with Gasteiger partial charge in [-0.3, -0.25) is 19.9 Å². The highest BCUT2D eigenvalue weighted by atomic mass is 79.9. The fraction of sp³-hybridized carbons (Fsp3) is 0.0588. The van der Waals surface area contributed by atoms with E-state index in [1.54, 1.807) is 18.2 Å². The largest absolute Gasteiger partial charge is 0.270 e. The molecule has 1 saturated heterocycles. The maximum atomic E-state index is 14.0. The average Bonchev–Trinajstić information content (AvgIpc) is 3.11. The van der Waals surface area contributed by atoms with Gasteiger partial charge in [-0.2, -0.15) is 0 Å². The molecule has 0 aliphatic carbocycles. The quantitative estimate of drug-likeness (QED) is 0.803. The lowest BCUT2D eigenvalue weighted by Crippen LogP contribution is -2.35. The summed E-state index contributed by atoms with van der Waals surface area (Å²) in [7, 11) is 0. The lowest BCUT2D eigenvalue weighted by atomic mass is 10.1. The molecule has 1 fully saturated rings. The molecular weight excluding hydrogens is 379 g/mol. The Labute approximate surface area is 144 Å². The number of nitrogens with zero attached hydrogens (tertiary/aromatic N) is 1. The van der Waals surface area contributed by atoms with E-state index in [2.05, 4.69) is 21.4 Å². The van der Waals surface area contributed by atoms with Gasteiger partial charge in [0.25, 0.3) is 11.8 Å². The zero-order valence-corrected chi connectivity index (χ0v) is 13.7. The number of anilines is 1. The highest BCUT2D eigenvalue weighted by Gasteiger charge is 2.51. The van der Waals surface area contributed by atoms with Crippen molar-refractivity contribution in [2.45, 2.75) is 6.10 Å². The van der Waals surface area contributed by atoms with Crippen LogP contribution < -0.4 is 10.4 Å².